The molecule has 5 rings (SSSR count). The van der Waals surface area contributed by atoms with Gasteiger partial charge in [0.1, 0.15) is 11.8 Å². The van der Waals surface area contributed by atoms with Crippen molar-refractivity contribution < 1.29 is 20.1 Å². The predicted molar refractivity (Wildman–Crippen MR) is 121 cm³/mol. The molecule has 0 fully saturated rings. The van der Waals surface area contributed by atoms with Gasteiger partial charge in [-0.25, -0.2) is 4.98 Å². The molecular formula is C27H18IrN3-. The molecule has 0 spiro atoms. The molecule has 0 atom stereocenters. The third-order valence-electron chi connectivity index (χ3n) is 5.38. The first-order valence-corrected chi connectivity index (χ1v) is 9.81. The topological polar surface area (TPSA) is 49.6 Å². The van der Waals surface area contributed by atoms with Gasteiger partial charge in [0.25, 0.3) is 0 Å². The maximum absolute atomic E-state index is 8.96. The molecule has 2 heterocycles. The van der Waals surface area contributed by atoms with Crippen LogP contribution in [0.1, 0.15) is 16.8 Å². The van der Waals surface area contributed by atoms with Gasteiger partial charge in [0.05, 0.1) is 0 Å². The van der Waals surface area contributed by atoms with E-state index in [2.05, 4.69) is 84.5 Å². The van der Waals surface area contributed by atoms with E-state index in [0.717, 1.165) is 38.7 Å². The van der Waals surface area contributed by atoms with Crippen molar-refractivity contribution >= 4 is 21.5 Å². The average molecular weight is 577 g/mol. The third-order valence-corrected chi connectivity index (χ3v) is 5.38. The van der Waals surface area contributed by atoms with E-state index in [4.69, 9.17) is 5.26 Å². The second kappa shape index (κ2) is 8.40. The minimum absolute atomic E-state index is 0. The molecule has 4 heteroatoms. The van der Waals surface area contributed by atoms with E-state index in [9.17, 15) is 0 Å². The predicted octanol–water partition coefficient (Wildman–Crippen LogP) is 6.40. The molecule has 2 aromatic heterocycles. The van der Waals surface area contributed by atoms with E-state index in [-0.39, 0.29) is 20.1 Å². The van der Waals surface area contributed by atoms with Crippen LogP contribution in [0.4, 0.5) is 0 Å². The molecule has 0 unspecified atom stereocenters. The van der Waals surface area contributed by atoms with Crippen LogP contribution in [0.3, 0.4) is 0 Å². The summed E-state index contributed by atoms with van der Waals surface area (Å²) in [6, 6.07) is 26.3. The molecule has 5 aromatic rings. The fourth-order valence-corrected chi connectivity index (χ4v) is 4.04. The molecule has 0 aliphatic rings. The molecule has 0 saturated heterocycles. The summed E-state index contributed by atoms with van der Waals surface area (Å²) < 4.78 is 0. The van der Waals surface area contributed by atoms with Crippen molar-refractivity contribution in [2.24, 2.45) is 0 Å². The Morgan fingerprint density at radius 1 is 0.806 bits per heavy atom. The van der Waals surface area contributed by atoms with Crippen molar-refractivity contribution in [2.45, 2.75) is 13.8 Å². The molecule has 0 amide bonds. The van der Waals surface area contributed by atoms with Crippen molar-refractivity contribution in [2.75, 3.05) is 0 Å². The van der Waals surface area contributed by atoms with E-state index in [0.29, 0.717) is 5.69 Å². The van der Waals surface area contributed by atoms with Gasteiger partial charge in [0.2, 0.25) is 0 Å². The summed E-state index contributed by atoms with van der Waals surface area (Å²) in [6.45, 7) is 4.17. The second-order valence-corrected chi connectivity index (χ2v) is 7.55. The first-order chi connectivity index (χ1) is 14.6. The summed E-state index contributed by atoms with van der Waals surface area (Å²) in [5, 5.41) is 13.6. The summed E-state index contributed by atoms with van der Waals surface area (Å²) in [5.41, 5.74) is 6.81. The van der Waals surface area contributed by atoms with Crippen molar-refractivity contribution in [3.05, 3.63) is 95.9 Å². The van der Waals surface area contributed by atoms with Gasteiger partial charge in [0.15, 0.2) is 0 Å². The smallest absolute Gasteiger partial charge is 0.140 e. The first kappa shape index (κ1) is 20.9. The van der Waals surface area contributed by atoms with Crippen molar-refractivity contribution in [1.82, 2.24) is 9.97 Å². The zero-order valence-electron chi connectivity index (χ0n) is 17.1. The number of aryl methyl sites for hydroxylation is 2. The van der Waals surface area contributed by atoms with Crippen molar-refractivity contribution in [3.63, 3.8) is 0 Å². The Morgan fingerprint density at radius 3 is 2.35 bits per heavy atom. The second-order valence-electron chi connectivity index (χ2n) is 7.55. The van der Waals surface area contributed by atoms with Gasteiger partial charge in [-0.05, 0) is 57.1 Å². The molecule has 151 valence electrons. The van der Waals surface area contributed by atoms with Crippen LogP contribution in [-0.4, -0.2) is 9.97 Å². The molecule has 1 radical (unpaired) electrons. The number of benzene rings is 3. The normalized spacial score (nSPS) is 10.6. The van der Waals surface area contributed by atoms with Crippen molar-refractivity contribution in [1.29, 1.82) is 5.26 Å². The standard InChI is InChI=1S/C27H18N3.Ir/c1-17-11-18(2)13-22(12-17)27-26-8-5-20-14-19(21-3-6-23(15-28)30-16-21)4-7-24(20)25(26)9-10-29-27;/h3-12,14,16H,1-2H3;/q-1;. The van der Waals surface area contributed by atoms with Gasteiger partial charge in [-0.2, -0.15) is 5.26 Å². The van der Waals surface area contributed by atoms with Crippen LogP contribution in [-0.2, 0) is 20.1 Å². The number of hydrogen-bond donors (Lipinski definition) is 0. The zero-order valence-corrected chi connectivity index (χ0v) is 19.5. The largest absolute Gasteiger partial charge is 0.304 e. The number of rotatable bonds is 2. The van der Waals surface area contributed by atoms with Gasteiger partial charge in [-0.1, -0.05) is 38.1 Å². The maximum Gasteiger partial charge on any atom is 0.140 e. The Bertz CT molecular complexity index is 1440. The van der Waals surface area contributed by atoms with E-state index in [1.54, 1.807) is 12.3 Å². The summed E-state index contributed by atoms with van der Waals surface area (Å²) in [7, 11) is 0. The van der Waals surface area contributed by atoms with E-state index in [1.165, 1.54) is 16.3 Å². The van der Waals surface area contributed by atoms with Crippen LogP contribution in [0.2, 0.25) is 0 Å². The van der Waals surface area contributed by atoms with Crippen LogP contribution in [0.15, 0.2) is 73.1 Å². The molecular weight excluding hydrogens is 559 g/mol. The minimum atomic E-state index is 0. The SMILES string of the molecule is Cc1[c-]c(-c2nccc3c2ccc2cc(-c4ccc(C#N)nc4)ccc23)cc(C)c1.[Ir]. The third kappa shape index (κ3) is 3.86. The van der Waals surface area contributed by atoms with E-state index >= 15 is 0 Å². The average Bonchev–Trinajstić information content (AvgIpc) is 2.77. The van der Waals surface area contributed by atoms with Gasteiger partial charge in [0, 0.05) is 38.1 Å². The Balaban J connectivity index is 0.00000231. The minimum Gasteiger partial charge on any atom is -0.304 e. The van der Waals surface area contributed by atoms with Crippen LogP contribution in [0, 0.1) is 31.2 Å². The zero-order chi connectivity index (χ0) is 20.7. The fourth-order valence-electron chi connectivity index (χ4n) is 4.04. The monoisotopic (exact) mass is 577 g/mol. The summed E-state index contributed by atoms with van der Waals surface area (Å²) >= 11 is 0. The van der Waals surface area contributed by atoms with Crippen LogP contribution in [0.5, 0.6) is 0 Å². The Kier molecular flexibility index (Phi) is 5.65. The maximum atomic E-state index is 8.96. The fraction of sp³-hybridized carbons (Fsp3) is 0.0741. The summed E-state index contributed by atoms with van der Waals surface area (Å²) in [6.07, 6.45) is 3.62. The summed E-state index contributed by atoms with van der Waals surface area (Å²) in [5.74, 6) is 0. The van der Waals surface area contributed by atoms with Gasteiger partial charge < -0.3 is 4.98 Å². The molecule has 0 aliphatic heterocycles. The Labute approximate surface area is 194 Å². The van der Waals surface area contributed by atoms with Crippen LogP contribution >= 0.6 is 0 Å². The molecule has 0 saturated carbocycles. The van der Waals surface area contributed by atoms with Crippen LogP contribution in [0.25, 0.3) is 43.9 Å². The number of hydrogen-bond acceptors (Lipinski definition) is 3. The van der Waals surface area contributed by atoms with E-state index < -0.39 is 0 Å². The van der Waals surface area contributed by atoms with E-state index in [1.807, 2.05) is 12.3 Å². The number of pyridine rings is 2. The first-order valence-electron chi connectivity index (χ1n) is 9.81. The van der Waals surface area contributed by atoms with Gasteiger partial charge >= 0.3 is 0 Å². The summed E-state index contributed by atoms with van der Waals surface area (Å²) in [4.78, 5) is 8.87. The number of nitrogens with zero attached hydrogens (tertiary/aromatic N) is 3. The molecule has 0 bridgehead atoms. The van der Waals surface area contributed by atoms with Gasteiger partial charge in [-0.3, -0.25) is 0 Å². The molecule has 0 N–H and O–H groups in total. The molecule has 3 nitrogen and oxygen atoms in total. The number of fused-ring (bicyclic) bond motifs is 3. The van der Waals surface area contributed by atoms with Crippen LogP contribution < -0.4 is 0 Å². The van der Waals surface area contributed by atoms with Gasteiger partial charge in [-0.15, -0.1) is 34.9 Å². The quantitative estimate of drug-likeness (QED) is 0.180. The number of nitriles is 1. The molecule has 0 aliphatic carbocycles. The number of aromatic nitrogens is 2. The molecule has 3 aromatic carbocycles. The Morgan fingerprint density at radius 2 is 1.61 bits per heavy atom. The van der Waals surface area contributed by atoms with Crippen molar-refractivity contribution in [3.8, 4) is 28.5 Å². The Hall–Kier alpha value is -3.38. The molecule has 31 heavy (non-hydrogen) atoms.